The fourth-order valence-electron chi connectivity index (χ4n) is 1.83. The minimum atomic E-state index is -0.0954. The van der Waals surface area contributed by atoms with E-state index in [-0.39, 0.29) is 12.5 Å². The molecule has 2 rings (SSSR count). The molecule has 0 aliphatic carbocycles. The number of aliphatic hydroxyl groups excluding tert-OH is 1. The zero-order valence-corrected chi connectivity index (χ0v) is 9.82. The molecule has 0 saturated heterocycles. The van der Waals surface area contributed by atoms with Gasteiger partial charge in [0.2, 0.25) is 5.91 Å². The molecule has 1 aromatic heterocycles. The summed E-state index contributed by atoms with van der Waals surface area (Å²) in [6.07, 6.45) is 0. The minimum Gasteiger partial charge on any atom is -0.390 e. The Morgan fingerprint density at radius 2 is 2.18 bits per heavy atom. The second kappa shape index (κ2) is 4.51. The molecule has 0 bridgehead atoms. The molecule has 1 aromatic carbocycles. The van der Waals surface area contributed by atoms with E-state index < -0.39 is 0 Å². The monoisotopic (exact) mass is 230 g/mol. The van der Waals surface area contributed by atoms with Crippen LogP contribution in [0.2, 0.25) is 0 Å². The zero-order chi connectivity index (χ0) is 12.4. The number of hydrogen-bond acceptors (Lipinski definition) is 3. The maximum atomic E-state index is 11.0. The summed E-state index contributed by atoms with van der Waals surface area (Å²) in [7, 11) is 0. The molecule has 0 atom stereocenters. The van der Waals surface area contributed by atoms with Crippen molar-refractivity contribution in [3.05, 3.63) is 35.5 Å². The van der Waals surface area contributed by atoms with Crippen molar-refractivity contribution < 1.29 is 9.90 Å². The maximum absolute atomic E-state index is 11.0. The number of rotatable bonds is 2. The van der Waals surface area contributed by atoms with Crippen molar-refractivity contribution in [3.8, 4) is 0 Å². The molecule has 0 spiro atoms. The SMILES string of the molecule is CC(=O)Nc1ccc2nc(CO)cc(C)c2c1. The van der Waals surface area contributed by atoms with Gasteiger partial charge in [-0.25, -0.2) is 0 Å². The van der Waals surface area contributed by atoms with Crippen LogP contribution in [0.3, 0.4) is 0 Å². The second-order valence-corrected chi connectivity index (χ2v) is 4.00. The van der Waals surface area contributed by atoms with E-state index in [9.17, 15) is 4.79 Å². The van der Waals surface area contributed by atoms with Gasteiger partial charge < -0.3 is 10.4 Å². The number of aromatic nitrogens is 1. The van der Waals surface area contributed by atoms with Crippen LogP contribution in [0.4, 0.5) is 5.69 Å². The number of anilines is 1. The van der Waals surface area contributed by atoms with Gasteiger partial charge in [-0.2, -0.15) is 0 Å². The molecule has 0 unspecified atom stereocenters. The van der Waals surface area contributed by atoms with Gasteiger partial charge in [-0.1, -0.05) is 0 Å². The van der Waals surface area contributed by atoms with Gasteiger partial charge in [0, 0.05) is 18.0 Å². The summed E-state index contributed by atoms with van der Waals surface area (Å²) in [5, 5.41) is 12.8. The minimum absolute atomic E-state index is 0.0653. The number of carbonyl (C=O) groups excluding carboxylic acids is 1. The number of hydrogen-bond donors (Lipinski definition) is 2. The van der Waals surface area contributed by atoms with Crippen molar-refractivity contribution in [2.24, 2.45) is 0 Å². The molecule has 2 N–H and O–H groups in total. The van der Waals surface area contributed by atoms with Crippen LogP contribution in [0.25, 0.3) is 10.9 Å². The number of pyridine rings is 1. The third-order valence-electron chi connectivity index (χ3n) is 2.55. The number of nitrogens with one attached hydrogen (secondary N) is 1. The highest BCUT2D eigenvalue weighted by Gasteiger charge is 2.04. The Balaban J connectivity index is 2.54. The second-order valence-electron chi connectivity index (χ2n) is 4.00. The van der Waals surface area contributed by atoms with Gasteiger partial charge in [-0.15, -0.1) is 0 Å². The summed E-state index contributed by atoms with van der Waals surface area (Å²) in [4.78, 5) is 15.3. The van der Waals surface area contributed by atoms with Crippen LogP contribution >= 0.6 is 0 Å². The van der Waals surface area contributed by atoms with Crippen LogP contribution in [0.1, 0.15) is 18.2 Å². The number of nitrogens with zero attached hydrogens (tertiary/aromatic N) is 1. The highest BCUT2D eigenvalue weighted by molar-refractivity contribution is 5.93. The Bertz CT molecular complexity index is 579. The highest BCUT2D eigenvalue weighted by Crippen LogP contribution is 2.22. The van der Waals surface area contributed by atoms with E-state index in [1.54, 1.807) is 6.07 Å². The highest BCUT2D eigenvalue weighted by atomic mass is 16.3. The Morgan fingerprint density at radius 1 is 1.41 bits per heavy atom. The lowest BCUT2D eigenvalue weighted by atomic mass is 10.1. The Kier molecular flexibility index (Phi) is 3.06. The van der Waals surface area contributed by atoms with E-state index in [1.165, 1.54) is 6.92 Å². The van der Waals surface area contributed by atoms with Gasteiger partial charge >= 0.3 is 0 Å². The Morgan fingerprint density at radius 3 is 2.82 bits per heavy atom. The smallest absolute Gasteiger partial charge is 0.221 e. The Hall–Kier alpha value is -1.94. The van der Waals surface area contributed by atoms with Crippen molar-refractivity contribution in [3.63, 3.8) is 0 Å². The summed E-state index contributed by atoms with van der Waals surface area (Å²) >= 11 is 0. The molecule has 17 heavy (non-hydrogen) atoms. The van der Waals surface area contributed by atoms with Gasteiger partial charge in [0.15, 0.2) is 0 Å². The molecule has 4 heteroatoms. The average Bonchev–Trinajstić information content (AvgIpc) is 2.29. The summed E-state index contributed by atoms with van der Waals surface area (Å²) in [5.41, 5.74) is 3.27. The van der Waals surface area contributed by atoms with E-state index in [0.717, 1.165) is 22.2 Å². The van der Waals surface area contributed by atoms with Gasteiger partial charge in [-0.3, -0.25) is 9.78 Å². The van der Waals surface area contributed by atoms with Gasteiger partial charge in [-0.05, 0) is 36.8 Å². The van der Waals surface area contributed by atoms with Gasteiger partial charge in [0.25, 0.3) is 0 Å². The van der Waals surface area contributed by atoms with Crippen LogP contribution in [0.5, 0.6) is 0 Å². The maximum Gasteiger partial charge on any atom is 0.221 e. The van der Waals surface area contributed by atoms with E-state index in [0.29, 0.717) is 5.69 Å². The summed E-state index contributed by atoms with van der Waals surface area (Å²) in [6, 6.07) is 7.38. The predicted octanol–water partition coefficient (Wildman–Crippen LogP) is 1.99. The fraction of sp³-hybridized carbons (Fsp3) is 0.231. The zero-order valence-electron chi connectivity index (χ0n) is 9.82. The van der Waals surface area contributed by atoms with E-state index in [2.05, 4.69) is 10.3 Å². The van der Waals surface area contributed by atoms with Crippen LogP contribution in [-0.2, 0) is 11.4 Å². The molecular formula is C13H14N2O2. The third-order valence-corrected chi connectivity index (χ3v) is 2.55. The van der Waals surface area contributed by atoms with Gasteiger partial charge in [0.05, 0.1) is 17.8 Å². The average molecular weight is 230 g/mol. The van der Waals surface area contributed by atoms with Gasteiger partial charge in [0.1, 0.15) is 0 Å². The normalized spacial score (nSPS) is 10.5. The lowest BCUT2D eigenvalue weighted by Crippen LogP contribution is -2.05. The Labute approximate surface area is 99.3 Å². The molecule has 2 aromatic rings. The number of benzene rings is 1. The van der Waals surface area contributed by atoms with Crippen molar-refractivity contribution in [2.45, 2.75) is 20.5 Å². The first-order valence-corrected chi connectivity index (χ1v) is 5.39. The van der Waals surface area contributed by atoms with Crippen LogP contribution < -0.4 is 5.32 Å². The van der Waals surface area contributed by atoms with Crippen LogP contribution in [-0.4, -0.2) is 16.0 Å². The quantitative estimate of drug-likeness (QED) is 0.829. The number of aryl methyl sites for hydroxylation is 1. The van der Waals surface area contributed by atoms with Crippen molar-refractivity contribution in [1.29, 1.82) is 0 Å². The molecule has 0 radical (unpaired) electrons. The first-order chi connectivity index (χ1) is 8.10. The first-order valence-electron chi connectivity index (χ1n) is 5.39. The number of amides is 1. The van der Waals surface area contributed by atoms with E-state index in [1.807, 2.05) is 25.1 Å². The van der Waals surface area contributed by atoms with Crippen LogP contribution in [0, 0.1) is 6.92 Å². The summed E-state index contributed by atoms with van der Waals surface area (Å²) in [5.74, 6) is -0.0954. The molecule has 1 heterocycles. The number of carbonyl (C=O) groups is 1. The number of aliphatic hydroxyl groups is 1. The van der Waals surface area contributed by atoms with Crippen molar-refractivity contribution in [1.82, 2.24) is 4.98 Å². The third kappa shape index (κ3) is 2.42. The topological polar surface area (TPSA) is 62.2 Å². The van der Waals surface area contributed by atoms with Crippen LogP contribution in [0.15, 0.2) is 24.3 Å². The standard InChI is InChI=1S/C13H14N2O2/c1-8-5-11(7-16)15-13-4-3-10(6-12(8)13)14-9(2)17/h3-6,16H,7H2,1-2H3,(H,14,17). The molecule has 4 nitrogen and oxygen atoms in total. The van der Waals surface area contributed by atoms with Crippen molar-refractivity contribution in [2.75, 3.05) is 5.32 Å². The lowest BCUT2D eigenvalue weighted by Gasteiger charge is -2.07. The fourth-order valence-corrected chi connectivity index (χ4v) is 1.83. The molecule has 0 aliphatic heterocycles. The molecular weight excluding hydrogens is 216 g/mol. The molecule has 0 fully saturated rings. The molecule has 88 valence electrons. The molecule has 0 aliphatic rings. The van der Waals surface area contributed by atoms with E-state index in [4.69, 9.17) is 5.11 Å². The van der Waals surface area contributed by atoms with Crippen molar-refractivity contribution >= 4 is 22.5 Å². The largest absolute Gasteiger partial charge is 0.390 e. The first kappa shape index (κ1) is 11.5. The lowest BCUT2D eigenvalue weighted by molar-refractivity contribution is -0.114. The molecule has 1 amide bonds. The number of fused-ring (bicyclic) bond motifs is 1. The summed E-state index contributed by atoms with van der Waals surface area (Å²) in [6.45, 7) is 3.37. The summed E-state index contributed by atoms with van der Waals surface area (Å²) < 4.78 is 0. The molecule has 0 saturated carbocycles. The predicted molar refractivity (Wildman–Crippen MR) is 66.7 cm³/mol. The van der Waals surface area contributed by atoms with E-state index >= 15 is 0 Å².